The maximum atomic E-state index is 13.6. The van der Waals surface area contributed by atoms with Crippen LogP contribution < -0.4 is 14.8 Å². The average Bonchev–Trinajstić information content (AvgIpc) is 3.44. The van der Waals surface area contributed by atoms with Gasteiger partial charge in [-0.2, -0.15) is 9.04 Å². The van der Waals surface area contributed by atoms with E-state index in [4.69, 9.17) is 4.74 Å². The van der Waals surface area contributed by atoms with E-state index in [1.54, 1.807) is 24.3 Å². The number of ketones is 1. The number of hydrogen-bond donors (Lipinski definition) is 1. The van der Waals surface area contributed by atoms with E-state index in [2.05, 4.69) is 5.32 Å². The van der Waals surface area contributed by atoms with Gasteiger partial charge >= 0.3 is 15.0 Å². The fourth-order valence-electron chi connectivity index (χ4n) is 4.95. The second-order valence-electron chi connectivity index (χ2n) is 9.60. The molecule has 1 N–H and O–H groups in total. The lowest BCUT2D eigenvalue weighted by Gasteiger charge is -2.29. The summed E-state index contributed by atoms with van der Waals surface area (Å²) in [4.78, 5) is 40.9. The first-order valence-corrected chi connectivity index (χ1v) is 13.5. The molecule has 1 aromatic carbocycles. The number of rotatable bonds is 8. The number of Topliss-reactive ketones (excluding diaryl/α,β-unsaturated/α-hetero) is 1. The van der Waals surface area contributed by atoms with Gasteiger partial charge in [-0.3, -0.25) is 14.4 Å². The summed E-state index contributed by atoms with van der Waals surface area (Å²) < 4.78 is 32.8. The molecule has 0 radical (unpaired) electrons. The fraction of sp³-hybridized carbons (Fsp3) is 0.440. The Labute approximate surface area is 215 Å². The first-order valence-electron chi connectivity index (χ1n) is 12.0. The van der Waals surface area contributed by atoms with Crippen LogP contribution in [0.2, 0.25) is 0 Å². The predicted octanol–water partition coefficient (Wildman–Crippen LogP) is 0.716. The number of nitrogens with zero attached hydrogens (tertiary/aromatic N) is 3. The minimum absolute atomic E-state index is 0.0604. The standard InChI is InChI=1S/C25H30N4O7S/c1-16(2)14-19(26-24(31)17-7-9-18(36-3)10-8-17)25(32)27-13-11-20-23(27)21(30)15-29(20)37(34,35)22-6-4-5-12-28(22)33/h4-10,12,16,19-20,23H,11,13-15H2,1-3H3,(H,26,31). The van der Waals surface area contributed by atoms with Gasteiger partial charge in [-0.05, 0) is 49.1 Å². The number of ether oxygens (including phenoxy) is 1. The van der Waals surface area contributed by atoms with Gasteiger partial charge in [-0.25, -0.2) is 8.42 Å². The number of nitrogens with one attached hydrogen (secondary N) is 1. The molecule has 1 aromatic heterocycles. The third-order valence-electron chi connectivity index (χ3n) is 6.68. The van der Waals surface area contributed by atoms with Crippen molar-refractivity contribution in [2.75, 3.05) is 20.2 Å². The van der Waals surface area contributed by atoms with Gasteiger partial charge in [0.05, 0.1) is 19.7 Å². The molecule has 12 heteroatoms. The first kappa shape index (κ1) is 26.6. The van der Waals surface area contributed by atoms with Crippen molar-refractivity contribution in [3.8, 4) is 5.75 Å². The summed E-state index contributed by atoms with van der Waals surface area (Å²) in [6.07, 6.45) is 1.66. The van der Waals surface area contributed by atoms with Crippen LogP contribution in [-0.4, -0.2) is 73.5 Å². The summed E-state index contributed by atoms with van der Waals surface area (Å²) in [5, 5.41) is 14.4. The Morgan fingerprint density at radius 2 is 1.89 bits per heavy atom. The lowest BCUT2D eigenvalue weighted by atomic mass is 10.0. The number of carbonyl (C=O) groups excluding carboxylic acids is 3. The Bertz CT molecular complexity index is 1300. The summed E-state index contributed by atoms with van der Waals surface area (Å²) in [6, 6.07) is 7.84. The zero-order valence-corrected chi connectivity index (χ0v) is 21.7. The van der Waals surface area contributed by atoms with Crippen molar-refractivity contribution in [2.45, 2.75) is 49.8 Å². The molecule has 0 saturated carbocycles. The molecule has 2 saturated heterocycles. The van der Waals surface area contributed by atoms with Crippen molar-refractivity contribution >= 4 is 27.6 Å². The molecule has 4 rings (SSSR count). The molecule has 2 amide bonds. The minimum atomic E-state index is -4.26. The van der Waals surface area contributed by atoms with Crippen LogP contribution in [-0.2, 0) is 19.6 Å². The maximum absolute atomic E-state index is 13.6. The number of aromatic nitrogens is 1. The highest BCUT2D eigenvalue weighted by molar-refractivity contribution is 7.89. The van der Waals surface area contributed by atoms with E-state index in [9.17, 15) is 28.0 Å². The second kappa shape index (κ2) is 10.5. The van der Waals surface area contributed by atoms with E-state index < -0.39 is 57.3 Å². The lowest BCUT2D eigenvalue weighted by Crippen LogP contribution is -2.53. The van der Waals surface area contributed by atoms with Crippen LogP contribution in [0.4, 0.5) is 0 Å². The quantitative estimate of drug-likeness (QED) is 0.392. The van der Waals surface area contributed by atoms with Crippen molar-refractivity contribution < 1.29 is 32.3 Å². The zero-order valence-electron chi connectivity index (χ0n) is 20.9. The highest BCUT2D eigenvalue weighted by Gasteiger charge is 2.55. The molecule has 2 fully saturated rings. The molecule has 2 aromatic rings. The molecule has 2 aliphatic rings. The summed E-state index contributed by atoms with van der Waals surface area (Å²) in [5.74, 6) is -0.646. The van der Waals surface area contributed by atoms with Crippen LogP contribution in [0.5, 0.6) is 5.75 Å². The molecular formula is C25H30N4O7S. The van der Waals surface area contributed by atoms with E-state index in [-0.39, 0.29) is 23.6 Å². The van der Waals surface area contributed by atoms with Crippen molar-refractivity contribution in [3.63, 3.8) is 0 Å². The van der Waals surface area contributed by atoms with Crippen molar-refractivity contribution in [1.82, 2.24) is 14.5 Å². The first-order chi connectivity index (χ1) is 17.5. The van der Waals surface area contributed by atoms with Crippen LogP contribution in [0.1, 0.15) is 37.0 Å². The number of carbonyl (C=O) groups is 3. The van der Waals surface area contributed by atoms with E-state index in [1.165, 1.54) is 30.2 Å². The molecule has 0 spiro atoms. The van der Waals surface area contributed by atoms with Gasteiger partial charge < -0.3 is 20.2 Å². The number of fused-ring (bicyclic) bond motifs is 1. The van der Waals surface area contributed by atoms with Crippen molar-refractivity contribution in [1.29, 1.82) is 0 Å². The topological polar surface area (TPSA) is 140 Å². The second-order valence-corrected chi connectivity index (χ2v) is 11.4. The third kappa shape index (κ3) is 5.16. The molecule has 0 bridgehead atoms. The molecule has 3 unspecified atom stereocenters. The Morgan fingerprint density at radius 1 is 1.19 bits per heavy atom. The van der Waals surface area contributed by atoms with Crippen molar-refractivity contribution in [2.24, 2.45) is 5.92 Å². The Hall–Kier alpha value is -3.51. The highest BCUT2D eigenvalue weighted by atomic mass is 32.2. The molecule has 198 valence electrons. The van der Waals surface area contributed by atoms with E-state index in [0.29, 0.717) is 17.7 Å². The summed E-state index contributed by atoms with van der Waals surface area (Å²) in [5.41, 5.74) is 0.352. The van der Waals surface area contributed by atoms with Crippen LogP contribution in [0.25, 0.3) is 0 Å². The molecule has 3 atom stereocenters. The fourth-order valence-corrected chi connectivity index (χ4v) is 6.60. The van der Waals surface area contributed by atoms with Gasteiger partial charge in [0.15, 0.2) is 12.0 Å². The normalized spacial score (nSPS) is 20.6. The molecule has 2 aliphatic heterocycles. The zero-order chi connectivity index (χ0) is 26.9. The van der Waals surface area contributed by atoms with Gasteiger partial charge in [0.1, 0.15) is 17.8 Å². The van der Waals surface area contributed by atoms with Crippen LogP contribution >= 0.6 is 0 Å². The monoisotopic (exact) mass is 530 g/mol. The predicted molar refractivity (Wildman–Crippen MR) is 132 cm³/mol. The molecular weight excluding hydrogens is 500 g/mol. The summed E-state index contributed by atoms with van der Waals surface area (Å²) >= 11 is 0. The van der Waals surface area contributed by atoms with Crippen LogP contribution in [0, 0.1) is 11.1 Å². The highest BCUT2D eigenvalue weighted by Crippen LogP contribution is 2.34. The maximum Gasteiger partial charge on any atom is 0.323 e. The minimum Gasteiger partial charge on any atom is -0.618 e. The Balaban J connectivity index is 1.55. The number of hydrogen-bond acceptors (Lipinski definition) is 7. The van der Waals surface area contributed by atoms with Crippen LogP contribution in [0.3, 0.4) is 0 Å². The summed E-state index contributed by atoms with van der Waals surface area (Å²) in [7, 11) is -2.74. The number of likely N-dealkylation sites (tertiary alicyclic amines) is 1. The van der Waals surface area contributed by atoms with Gasteiger partial charge in [0.2, 0.25) is 5.91 Å². The van der Waals surface area contributed by atoms with E-state index in [1.807, 2.05) is 13.8 Å². The SMILES string of the molecule is COc1ccc(C(=O)NC(CC(C)C)C(=O)N2CCC3C2C(=O)CN3S(=O)(=O)c2cccc[n+]2[O-])cc1. The lowest BCUT2D eigenvalue weighted by molar-refractivity contribution is -0.646. The van der Waals surface area contributed by atoms with Crippen molar-refractivity contribution in [3.05, 3.63) is 59.4 Å². The Morgan fingerprint density at radius 3 is 2.51 bits per heavy atom. The summed E-state index contributed by atoms with van der Waals surface area (Å²) in [6.45, 7) is 3.56. The number of pyridine rings is 1. The molecule has 0 aliphatic carbocycles. The van der Waals surface area contributed by atoms with Gasteiger partial charge in [0, 0.05) is 24.2 Å². The number of amides is 2. The smallest absolute Gasteiger partial charge is 0.323 e. The molecule has 37 heavy (non-hydrogen) atoms. The van der Waals surface area contributed by atoms with Gasteiger partial charge in [0.25, 0.3) is 5.91 Å². The third-order valence-corrected chi connectivity index (χ3v) is 8.55. The van der Waals surface area contributed by atoms with Crippen LogP contribution in [0.15, 0.2) is 53.7 Å². The van der Waals surface area contributed by atoms with E-state index in [0.717, 1.165) is 10.5 Å². The molecule has 11 nitrogen and oxygen atoms in total. The number of benzene rings is 1. The number of methoxy groups -OCH3 is 1. The molecule has 3 heterocycles. The van der Waals surface area contributed by atoms with Gasteiger partial charge in [-0.15, -0.1) is 0 Å². The van der Waals surface area contributed by atoms with E-state index >= 15 is 0 Å². The largest absolute Gasteiger partial charge is 0.618 e. The average molecular weight is 531 g/mol. The Kier molecular flexibility index (Phi) is 7.51. The number of sulfonamides is 1. The van der Waals surface area contributed by atoms with Gasteiger partial charge in [-0.1, -0.05) is 13.8 Å².